The Morgan fingerprint density at radius 3 is 2.05 bits per heavy atom. The van der Waals surface area contributed by atoms with Crippen molar-refractivity contribution >= 4 is 29.8 Å². The van der Waals surface area contributed by atoms with Gasteiger partial charge in [0.1, 0.15) is 9.79 Å². The number of rotatable bonds is 5. The van der Waals surface area contributed by atoms with Crippen molar-refractivity contribution in [2.75, 3.05) is 7.05 Å². The van der Waals surface area contributed by atoms with E-state index in [4.69, 9.17) is 10.7 Å². The van der Waals surface area contributed by atoms with Crippen molar-refractivity contribution in [2.45, 2.75) is 36.1 Å². The molecule has 0 heterocycles. The van der Waals surface area contributed by atoms with Crippen LogP contribution in [0.15, 0.2) is 34.1 Å². The summed E-state index contributed by atoms with van der Waals surface area (Å²) < 4.78 is 48.8. The van der Waals surface area contributed by atoms with Gasteiger partial charge >= 0.3 is 0 Å². The summed E-state index contributed by atoms with van der Waals surface area (Å²) in [7, 11) is -1.32. The van der Waals surface area contributed by atoms with E-state index in [0.717, 1.165) is 4.31 Å². The first-order valence-corrected chi connectivity index (χ1v) is 9.39. The molecule has 0 fully saturated rings. The molecule has 5 nitrogen and oxygen atoms in total. The molecule has 1 aromatic rings. The first-order chi connectivity index (χ1) is 8.62. The molecule has 0 aromatic heterocycles. The van der Waals surface area contributed by atoms with Gasteiger partial charge in [-0.1, -0.05) is 19.1 Å². The van der Waals surface area contributed by atoms with E-state index in [1.54, 1.807) is 6.92 Å². The second-order valence-electron chi connectivity index (χ2n) is 4.16. The molecular weight excluding hydrogens is 310 g/mol. The van der Waals surface area contributed by atoms with Crippen molar-refractivity contribution in [3.63, 3.8) is 0 Å². The molecule has 0 aliphatic heterocycles. The standard InChI is InChI=1S/C11H16ClNO4S2/c1-4-9(2)13(3)19(16,17)11-8-6-5-7-10(11)18(12,14)15/h5-9H,4H2,1-3H3. The van der Waals surface area contributed by atoms with Crippen LogP contribution in [0.2, 0.25) is 0 Å². The van der Waals surface area contributed by atoms with E-state index in [1.165, 1.54) is 31.3 Å². The van der Waals surface area contributed by atoms with Gasteiger partial charge in [-0.2, -0.15) is 4.31 Å². The summed E-state index contributed by atoms with van der Waals surface area (Å²) in [5, 5.41) is 0. The van der Waals surface area contributed by atoms with Gasteiger partial charge in [0.15, 0.2) is 0 Å². The topological polar surface area (TPSA) is 71.5 Å². The Labute approximate surface area is 118 Å². The van der Waals surface area contributed by atoms with E-state index in [1.807, 2.05) is 6.92 Å². The fourth-order valence-corrected chi connectivity index (χ4v) is 4.76. The normalized spacial score (nSPS) is 14.6. The Morgan fingerprint density at radius 1 is 1.16 bits per heavy atom. The second-order valence-corrected chi connectivity index (χ2v) is 8.66. The zero-order chi connectivity index (χ0) is 14.8. The van der Waals surface area contributed by atoms with Crippen LogP contribution in [0.3, 0.4) is 0 Å². The molecule has 8 heteroatoms. The Kier molecular flexibility index (Phi) is 5.00. The molecule has 108 valence electrons. The number of hydrogen-bond donors (Lipinski definition) is 0. The summed E-state index contributed by atoms with van der Waals surface area (Å²) in [6.45, 7) is 3.59. The number of halogens is 1. The fourth-order valence-electron chi connectivity index (χ4n) is 1.51. The minimum Gasteiger partial charge on any atom is -0.207 e. The van der Waals surface area contributed by atoms with E-state index < -0.39 is 24.0 Å². The largest absolute Gasteiger partial charge is 0.262 e. The Bertz CT molecular complexity index is 655. The van der Waals surface area contributed by atoms with Crippen molar-refractivity contribution in [3.8, 4) is 0 Å². The Balaban J connectivity index is 3.47. The lowest BCUT2D eigenvalue weighted by molar-refractivity contribution is 0.379. The highest BCUT2D eigenvalue weighted by atomic mass is 35.7. The Morgan fingerprint density at radius 2 is 1.63 bits per heavy atom. The maximum atomic E-state index is 12.4. The summed E-state index contributed by atoms with van der Waals surface area (Å²) >= 11 is 0. The van der Waals surface area contributed by atoms with Crippen LogP contribution in [0.4, 0.5) is 0 Å². The zero-order valence-corrected chi connectivity index (χ0v) is 13.3. The minimum absolute atomic E-state index is 0.240. The predicted octanol–water partition coefficient (Wildman–Crippen LogP) is 2.03. The van der Waals surface area contributed by atoms with Gasteiger partial charge in [-0.3, -0.25) is 0 Å². The highest BCUT2D eigenvalue weighted by Gasteiger charge is 2.30. The summed E-state index contributed by atoms with van der Waals surface area (Å²) in [6.07, 6.45) is 0.617. The molecule has 1 aromatic carbocycles. The molecule has 1 atom stereocenters. The van der Waals surface area contributed by atoms with E-state index in [0.29, 0.717) is 6.42 Å². The molecule has 0 spiro atoms. The van der Waals surface area contributed by atoms with E-state index >= 15 is 0 Å². The molecule has 0 saturated heterocycles. The number of sulfonamides is 1. The summed E-state index contributed by atoms with van der Waals surface area (Å²) in [5.41, 5.74) is 0. The SMILES string of the molecule is CCC(C)N(C)S(=O)(=O)c1ccccc1S(=O)(=O)Cl. The van der Waals surface area contributed by atoms with E-state index in [2.05, 4.69) is 0 Å². The Hall–Kier alpha value is -0.630. The fraction of sp³-hybridized carbons (Fsp3) is 0.455. The maximum absolute atomic E-state index is 12.4. The molecule has 0 N–H and O–H groups in total. The van der Waals surface area contributed by atoms with Crippen LogP contribution < -0.4 is 0 Å². The maximum Gasteiger partial charge on any atom is 0.262 e. The molecule has 0 bridgehead atoms. The lowest BCUT2D eigenvalue weighted by atomic mass is 10.3. The van der Waals surface area contributed by atoms with Crippen molar-refractivity contribution < 1.29 is 16.8 Å². The predicted molar refractivity (Wildman–Crippen MR) is 74.2 cm³/mol. The molecule has 0 saturated carbocycles. The molecular formula is C11H16ClNO4S2. The average molecular weight is 326 g/mol. The van der Waals surface area contributed by atoms with Gasteiger partial charge in [-0.15, -0.1) is 0 Å². The van der Waals surface area contributed by atoms with E-state index in [-0.39, 0.29) is 10.9 Å². The van der Waals surface area contributed by atoms with Gasteiger partial charge in [0, 0.05) is 23.8 Å². The molecule has 1 unspecified atom stereocenters. The average Bonchev–Trinajstić information content (AvgIpc) is 2.35. The molecule has 19 heavy (non-hydrogen) atoms. The molecule has 0 radical (unpaired) electrons. The number of benzene rings is 1. The zero-order valence-electron chi connectivity index (χ0n) is 10.9. The van der Waals surface area contributed by atoms with Crippen LogP contribution >= 0.6 is 10.7 Å². The first-order valence-electron chi connectivity index (χ1n) is 5.64. The third-order valence-electron chi connectivity index (χ3n) is 2.98. The van der Waals surface area contributed by atoms with Crippen molar-refractivity contribution in [1.29, 1.82) is 0 Å². The van der Waals surface area contributed by atoms with Crippen molar-refractivity contribution in [3.05, 3.63) is 24.3 Å². The monoisotopic (exact) mass is 325 g/mol. The first kappa shape index (κ1) is 16.4. The van der Waals surface area contributed by atoms with Crippen molar-refractivity contribution in [1.82, 2.24) is 4.31 Å². The molecule has 0 amide bonds. The van der Waals surface area contributed by atoms with Gasteiger partial charge in [0.25, 0.3) is 9.05 Å². The highest BCUT2D eigenvalue weighted by Crippen LogP contribution is 2.27. The summed E-state index contributed by atoms with van der Waals surface area (Å²) in [5.74, 6) is 0. The molecule has 0 aliphatic rings. The van der Waals surface area contributed by atoms with Crippen LogP contribution in [-0.2, 0) is 19.1 Å². The van der Waals surface area contributed by atoms with Crippen LogP contribution in [-0.4, -0.2) is 34.2 Å². The third kappa shape index (κ3) is 3.47. The third-order valence-corrected chi connectivity index (χ3v) is 6.52. The van der Waals surface area contributed by atoms with Gasteiger partial charge < -0.3 is 0 Å². The summed E-state index contributed by atoms with van der Waals surface area (Å²) in [4.78, 5) is -0.695. The van der Waals surface area contributed by atoms with E-state index in [9.17, 15) is 16.8 Å². The van der Waals surface area contributed by atoms with Gasteiger partial charge in [0.2, 0.25) is 10.0 Å². The second kappa shape index (κ2) is 5.78. The van der Waals surface area contributed by atoms with Crippen LogP contribution in [0.5, 0.6) is 0 Å². The summed E-state index contributed by atoms with van der Waals surface area (Å²) in [6, 6.07) is 5.07. The number of nitrogens with zero attached hydrogens (tertiary/aromatic N) is 1. The van der Waals surface area contributed by atoms with Crippen LogP contribution in [0, 0.1) is 0 Å². The lowest BCUT2D eigenvalue weighted by Gasteiger charge is -2.23. The number of hydrogen-bond acceptors (Lipinski definition) is 4. The quantitative estimate of drug-likeness (QED) is 0.777. The molecule has 0 aliphatic carbocycles. The van der Waals surface area contributed by atoms with Crippen molar-refractivity contribution in [2.24, 2.45) is 0 Å². The van der Waals surface area contributed by atoms with Crippen LogP contribution in [0.25, 0.3) is 0 Å². The lowest BCUT2D eigenvalue weighted by Crippen LogP contribution is -2.35. The highest BCUT2D eigenvalue weighted by molar-refractivity contribution is 8.14. The minimum atomic E-state index is -4.12. The molecule has 1 rings (SSSR count). The smallest absolute Gasteiger partial charge is 0.207 e. The van der Waals surface area contributed by atoms with Gasteiger partial charge in [0.05, 0.1) is 0 Å². The van der Waals surface area contributed by atoms with Gasteiger partial charge in [-0.25, -0.2) is 16.8 Å². The van der Waals surface area contributed by atoms with Crippen LogP contribution in [0.1, 0.15) is 20.3 Å². The van der Waals surface area contributed by atoms with Gasteiger partial charge in [-0.05, 0) is 25.5 Å².